The third-order valence-corrected chi connectivity index (χ3v) is 12.1. The van der Waals surface area contributed by atoms with Crippen molar-refractivity contribution in [2.24, 2.45) is 0 Å². The van der Waals surface area contributed by atoms with Crippen LogP contribution in [-0.4, -0.2) is 17.5 Å². The summed E-state index contributed by atoms with van der Waals surface area (Å²) in [5.74, 6) is 1.06. The van der Waals surface area contributed by atoms with Crippen molar-refractivity contribution in [2.45, 2.75) is 97.5 Å². The molecule has 10 rings (SSSR count). The number of anilines is 2. The summed E-state index contributed by atoms with van der Waals surface area (Å²) in [5.41, 5.74) is 17.2. The molecule has 2 aromatic heterocycles. The second-order valence-corrected chi connectivity index (χ2v) is 18.7. The number of fused-ring (bicyclic) bond motifs is 11. The summed E-state index contributed by atoms with van der Waals surface area (Å²) < 4.78 is 16.6. The van der Waals surface area contributed by atoms with Crippen LogP contribution in [0.4, 0.5) is 11.4 Å². The lowest BCUT2D eigenvalue weighted by molar-refractivity contribution is 0.232. The van der Waals surface area contributed by atoms with E-state index in [0.29, 0.717) is 0 Å². The Morgan fingerprint density at radius 3 is 2.02 bits per heavy atom. The van der Waals surface area contributed by atoms with Crippen molar-refractivity contribution < 1.29 is 9.15 Å². The van der Waals surface area contributed by atoms with Crippen molar-refractivity contribution in [1.82, 2.24) is 4.57 Å². The molecule has 0 radical (unpaired) electrons. The lowest BCUT2D eigenvalue weighted by Crippen LogP contribution is -2.62. The number of rotatable bonds is 1. The van der Waals surface area contributed by atoms with Crippen LogP contribution in [0, 0.1) is 6.92 Å². The largest absolute Gasteiger partial charge is 0.470 e. The van der Waals surface area contributed by atoms with Gasteiger partial charge < -0.3 is 18.6 Å². The van der Waals surface area contributed by atoms with Crippen molar-refractivity contribution in [3.05, 3.63) is 119 Å². The molecule has 260 valence electrons. The molecule has 5 aromatic carbocycles. The van der Waals surface area contributed by atoms with Crippen LogP contribution in [0.2, 0.25) is 0 Å². The van der Waals surface area contributed by atoms with Gasteiger partial charge in [-0.25, -0.2) is 0 Å². The van der Waals surface area contributed by atoms with Gasteiger partial charge in [0.05, 0.1) is 5.52 Å². The zero-order chi connectivity index (χ0) is 36.2. The fraction of sp³-hybridized carbons (Fsp3) is 0.319. The Kier molecular flexibility index (Phi) is 6.21. The van der Waals surface area contributed by atoms with Gasteiger partial charge in [-0.1, -0.05) is 105 Å². The highest BCUT2D eigenvalue weighted by Crippen LogP contribution is 2.52. The maximum atomic E-state index is 7.22. The van der Waals surface area contributed by atoms with Gasteiger partial charge in [0.1, 0.15) is 16.8 Å². The van der Waals surface area contributed by atoms with Gasteiger partial charge in [-0.3, -0.25) is 0 Å². The normalized spacial score (nSPS) is 17.9. The molecule has 52 heavy (non-hydrogen) atoms. The Labute approximate surface area is 307 Å². The number of ether oxygens (including phenoxy) is 1. The molecule has 0 bridgehead atoms. The molecule has 0 saturated heterocycles. The minimum absolute atomic E-state index is 0.0106. The average molecular weight is 683 g/mol. The van der Waals surface area contributed by atoms with E-state index in [1.54, 1.807) is 0 Å². The van der Waals surface area contributed by atoms with E-state index in [9.17, 15) is 0 Å². The van der Waals surface area contributed by atoms with Gasteiger partial charge in [-0.15, -0.1) is 0 Å². The molecule has 0 amide bonds. The standard InChI is InChI=1S/C47H47BN2O2/c1-26-21-35-40-36(22-26)50-41-33(43-42(50)31-13-11-12-14-37(31)51-43)24-29(47(8,9)10)25-34(41)48(40)39-32-23-28(46(5,6)7)17-20-38(32)52-44(39)49(35)30-18-15-27(16-19-30)45(2,3)4/h11-25,39,44H,1-10H3. The summed E-state index contributed by atoms with van der Waals surface area (Å²) in [7, 11) is 0. The predicted octanol–water partition coefficient (Wildman–Crippen LogP) is 10.8. The van der Waals surface area contributed by atoms with Crippen LogP contribution in [0.25, 0.3) is 38.7 Å². The molecule has 2 unspecified atom stereocenters. The van der Waals surface area contributed by atoms with Gasteiger partial charge in [-0.05, 0) is 110 Å². The van der Waals surface area contributed by atoms with Gasteiger partial charge in [-0.2, -0.15) is 0 Å². The summed E-state index contributed by atoms with van der Waals surface area (Å²) >= 11 is 0. The van der Waals surface area contributed by atoms with Crippen LogP contribution in [0.5, 0.6) is 5.75 Å². The fourth-order valence-electron chi connectivity index (χ4n) is 9.37. The molecule has 0 aliphatic carbocycles. The molecule has 3 aliphatic rings. The fourth-order valence-corrected chi connectivity index (χ4v) is 9.37. The van der Waals surface area contributed by atoms with Gasteiger partial charge in [0.15, 0.2) is 11.8 Å². The second kappa shape index (κ2) is 10.2. The number of aromatic nitrogens is 1. The predicted molar refractivity (Wildman–Crippen MR) is 219 cm³/mol. The summed E-state index contributed by atoms with van der Waals surface area (Å²) in [6, 6.07) is 34.5. The molecule has 0 N–H and O–H groups in total. The first kappa shape index (κ1) is 31.8. The zero-order valence-corrected chi connectivity index (χ0v) is 32.1. The maximum Gasteiger partial charge on any atom is 0.231 e. The summed E-state index contributed by atoms with van der Waals surface area (Å²) in [6.45, 7) is 23.1. The number of para-hydroxylation sites is 1. The molecule has 0 spiro atoms. The van der Waals surface area contributed by atoms with E-state index < -0.39 is 0 Å². The Morgan fingerprint density at radius 2 is 1.31 bits per heavy atom. The Balaban J connectivity index is 1.35. The smallest absolute Gasteiger partial charge is 0.231 e. The monoisotopic (exact) mass is 682 g/mol. The van der Waals surface area contributed by atoms with Gasteiger partial charge in [0.25, 0.3) is 0 Å². The number of aryl methyl sites for hydroxylation is 1. The van der Waals surface area contributed by atoms with Crippen LogP contribution in [0.1, 0.15) is 95.9 Å². The quantitative estimate of drug-likeness (QED) is 0.162. The van der Waals surface area contributed by atoms with E-state index in [2.05, 4.69) is 170 Å². The number of benzene rings is 5. The second-order valence-electron chi connectivity index (χ2n) is 18.7. The topological polar surface area (TPSA) is 30.5 Å². The SMILES string of the molecule is Cc1cc2c3c(c1)-n1c4c(cc(C(C)(C)C)cc4c4oc5ccccc5c41)B3C1c3cc(C(C)(C)C)ccc3OC1N2c1ccc(C(C)(C)C)cc1. The Morgan fingerprint density at radius 1 is 0.635 bits per heavy atom. The highest BCUT2D eigenvalue weighted by Gasteiger charge is 2.55. The number of nitrogens with zero attached hydrogens (tertiary/aromatic N) is 2. The van der Waals surface area contributed by atoms with E-state index in [0.717, 1.165) is 33.5 Å². The molecule has 7 aromatic rings. The first-order chi connectivity index (χ1) is 24.6. The van der Waals surface area contributed by atoms with Crippen molar-refractivity contribution in [3.63, 3.8) is 0 Å². The first-order valence-electron chi connectivity index (χ1n) is 19.0. The Hall–Kier alpha value is -4.90. The van der Waals surface area contributed by atoms with Crippen LogP contribution in [-0.2, 0) is 16.2 Å². The van der Waals surface area contributed by atoms with Crippen LogP contribution >= 0.6 is 0 Å². The van der Waals surface area contributed by atoms with E-state index in [-0.39, 0.29) is 35.0 Å². The molecule has 0 saturated carbocycles. The third kappa shape index (κ3) is 4.28. The summed E-state index contributed by atoms with van der Waals surface area (Å²) in [5, 5.41) is 2.35. The number of hydrogen-bond acceptors (Lipinski definition) is 3. The number of furan rings is 1. The molecule has 4 nitrogen and oxygen atoms in total. The lowest BCUT2D eigenvalue weighted by atomic mass is 9.29. The van der Waals surface area contributed by atoms with Crippen molar-refractivity contribution >= 4 is 62.0 Å². The molecule has 3 aliphatic heterocycles. The van der Waals surface area contributed by atoms with Crippen molar-refractivity contribution in [2.75, 3.05) is 4.90 Å². The van der Waals surface area contributed by atoms with E-state index in [1.807, 2.05) is 0 Å². The van der Waals surface area contributed by atoms with Gasteiger partial charge in [0.2, 0.25) is 6.71 Å². The highest BCUT2D eigenvalue weighted by molar-refractivity contribution is 6.91. The average Bonchev–Trinajstić information content (AvgIpc) is 3.74. The minimum atomic E-state index is -0.212. The zero-order valence-electron chi connectivity index (χ0n) is 32.1. The highest BCUT2D eigenvalue weighted by atomic mass is 16.5. The molecule has 5 heterocycles. The van der Waals surface area contributed by atoms with Crippen LogP contribution in [0.15, 0.2) is 95.4 Å². The van der Waals surface area contributed by atoms with Crippen molar-refractivity contribution in [3.8, 4) is 11.4 Å². The molecule has 5 heteroatoms. The third-order valence-electron chi connectivity index (χ3n) is 12.1. The van der Waals surface area contributed by atoms with Crippen LogP contribution in [0.3, 0.4) is 0 Å². The van der Waals surface area contributed by atoms with Gasteiger partial charge in [0, 0.05) is 33.7 Å². The van der Waals surface area contributed by atoms with Gasteiger partial charge >= 0.3 is 0 Å². The van der Waals surface area contributed by atoms with E-state index in [4.69, 9.17) is 9.15 Å². The van der Waals surface area contributed by atoms with Crippen molar-refractivity contribution in [1.29, 1.82) is 0 Å². The van der Waals surface area contributed by atoms with Crippen LogP contribution < -0.4 is 20.6 Å². The molecule has 0 fully saturated rings. The first-order valence-corrected chi connectivity index (χ1v) is 19.0. The summed E-state index contributed by atoms with van der Waals surface area (Å²) in [6.07, 6.45) is -0.212. The Bertz CT molecular complexity index is 2640. The number of hydrogen-bond donors (Lipinski definition) is 0. The maximum absolute atomic E-state index is 7.22. The van der Waals surface area contributed by atoms with E-state index >= 15 is 0 Å². The lowest BCUT2D eigenvalue weighted by Gasteiger charge is -2.45. The van der Waals surface area contributed by atoms with E-state index in [1.165, 1.54) is 61.0 Å². The minimum Gasteiger partial charge on any atom is -0.470 e. The molecular formula is C47H47BN2O2. The summed E-state index contributed by atoms with van der Waals surface area (Å²) in [4.78, 5) is 2.51. The molecule has 2 atom stereocenters. The molecular weight excluding hydrogens is 635 g/mol.